The summed E-state index contributed by atoms with van der Waals surface area (Å²) >= 11 is 0. The quantitative estimate of drug-likeness (QED) is 0.866. The molecule has 2 heterocycles. The molecule has 1 aromatic heterocycles. The molecule has 18 heavy (non-hydrogen) atoms. The molecule has 6 nitrogen and oxygen atoms in total. The monoisotopic (exact) mass is 245 g/mol. The lowest BCUT2D eigenvalue weighted by atomic mass is 10.1. The summed E-state index contributed by atoms with van der Waals surface area (Å²) in [4.78, 5) is 0. The van der Waals surface area contributed by atoms with E-state index < -0.39 is 0 Å². The van der Waals surface area contributed by atoms with Gasteiger partial charge in [0.15, 0.2) is 0 Å². The average Bonchev–Trinajstić information content (AvgIpc) is 2.89. The highest BCUT2D eigenvalue weighted by molar-refractivity contribution is 5.31. The van der Waals surface area contributed by atoms with Crippen molar-refractivity contribution in [3.63, 3.8) is 0 Å². The molecule has 6 heteroatoms. The van der Waals surface area contributed by atoms with Gasteiger partial charge in [0.25, 0.3) is 0 Å². The summed E-state index contributed by atoms with van der Waals surface area (Å²) in [5.74, 6) is 0. The number of tetrazole rings is 1. The average molecular weight is 245 g/mol. The first kappa shape index (κ1) is 11.2. The van der Waals surface area contributed by atoms with Gasteiger partial charge in [-0.2, -0.15) is 4.68 Å². The third-order valence-electron chi connectivity index (χ3n) is 2.97. The predicted octanol–water partition coefficient (Wildman–Crippen LogP) is 0.793. The van der Waals surface area contributed by atoms with Gasteiger partial charge in [0.2, 0.25) is 0 Å². The molecule has 0 unspecified atom stereocenters. The number of hydrogen-bond donors (Lipinski definition) is 1. The molecule has 1 saturated heterocycles. The zero-order valence-corrected chi connectivity index (χ0v) is 9.99. The van der Waals surface area contributed by atoms with Crippen LogP contribution < -0.4 is 10.1 Å². The Morgan fingerprint density at radius 3 is 2.94 bits per heavy atom. The van der Waals surface area contributed by atoms with Crippen molar-refractivity contribution >= 4 is 0 Å². The second-order valence-electron chi connectivity index (χ2n) is 4.30. The molecule has 1 N–H and O–H groups in total. The zero-order valence-electron chi connectivity index (χ0n) is 9.99. The summed E-state index contributed by atoms with van der Waals surface area (Å²) in [5.41, 5.74) is 0.904. The molecule has 0 aliphatic carbocycles. The van der Waals surface area contributed by atoms with Gasteiger partial charge < -0.3 is 10.1 Å². The van der Waals surface area contributed by atoms with Crippen LogP contribution in [0, 0.1) is 0 Å². The molecule has 0 radical (unpaired) electrons. The zero-order chi connectivity index (χ0) is 12.2. The molecule has 94 valence electrons. The molecule has 3 rings (SSSR count). The van der Waals surface area contributed by atoms with Gasteiger partial charge >= 0.3 is 6.01 Å². The molecule has 0 bridgehead atoms. The van der Waals surface area contributed by atoms with Crippen LogP contribution in [0.3, 0.4) is 0 Å². The van der Waals surface area contributed by atoms with E-state index in [1.165, 1.54) is 0 Å². The Bertz CT molecular complexity index is 492. The summed E-state index contributed by atoms with van der Waals surface area (Å²) in [6, 6.07) is 10.2. The fourth-order valence-electron chi connectivity index (χ4n) is 2.05. The van der Waals surface area contributed by atoms with Gasteiger partial charge in [-0.1, -0.05) is 23.3 Å². The molecule has 1 aliphatic rings. The molecular formula is C12H15N5O. The third kappa shape index (κ3) is 2.33. The first-order valence-electron chi connectivity index (χ1n) is 6.14. The standard InChI is InChI=1S/C12H15N5O/c1-2-5-10(6-3-1)17-12(14-15-16-17)18-11-7-4-8-13-9-11/h1-3,5-6,11,13H,4,7-9H2/t11-/m0/s1. The first-order valence-corrected chi connectivity index (χ1v) is 6.14. The van der Waals surface area contributed by atoms with E-state index in [1.807, 2.05) is 30.3 Å². The molecular weight excluding hydrogens is 230 g/mol. The van der Waals surface area contributed by atoms with E-state index in [2.05, 4.69) is 20.8 Å². The molecule has 1 aliphatic heterocycles. The fourth-order valence-corrected chi connectivity index (χ4v) is 2.05. The minimum absolute atomic E-state index is 0.146. The maximum Gasteiger partial charge on any atom is 0.340 e. The Hall–Kier alpha value is -1.95. The van der Waals surface area contributed by atoms with E-state index in [9.17, 15) is 0 Å². The van der Waals surface area contributed by atoms with Crippen LogP contribution in [-0.4, -0.2) is 39.4 Å². The molecule has 0 amide bonds. The number of nitrogens with one attached hydrogen (secondary N) is 1. The highest BCUT2D eigenvalue weighted by atomic mass is 16.5. The van der Waals surface area contributed by atoms with Crippen LogP contribution in [0.15, 0.2) is 30.3 Å². The maximum atomic E-state index is 5.85. The Kier molecular flexibility index (Phi) is 3.18. The van der Waals surface area contributed by atoms with Gasteiger partial charge in [-0.15, -0.1) is 0 Å². The van der Waals surface area contributed by atoms with Crippen molar-refractivity contribution in [2.75, 3.05) is 13.1 Å². The SMILES string of the molecule is c1ccc(-n2nnnc2O[C@H]2CCCNC2)cc1. The largest absolute Gasteiger partial charge is 0.458 e. The van der Waals surface area contributed by atoms with E-state index in [0.29, 0.717) is 6.01 Å². The number of piperidine rings is 1. The Balaban J connectivity index is 1.79. The van der Waals surface area contributed by atoms with Crippen LogP contribution in [0.2, 0.25) is 0 Å². The van der Waals surface area contributed by atoms with Crippen molar-refractivity contribution in [3.05, 3.63) is 30.3 Å². The van der Waals surface area contributed by atoms with Gasteiger partial charge in [0, 0.05) is 6.54 Å². The van der Waals surface area contributed by atoms with E-state index in [0.717, 1.165) is 31.6 Å². The number of benzene rings is 1. The highest BCUT2D eigenvalue weighted by Gasteiger charge is 2.18. The highest BCUT2D eigenvalue weighted by Crippen LogP contribution is 2.16. The van der Waals surface area contributed by atoms with Gasteiger partial charge in [-0.05, 0) is 41.9 Å². The summed E-state index contributed by atoms with van der Waals surface area (Å²) in [7, 11) is 0. The third-order valence-corrected chi connectivity index (χ3v) is 2.97. The molecule has 0 spiro atoms. The van der Waals surface area contributed by atoms with Crippen molar-refractivity contribution in [1.82, 2.24) is 25.5 Å². The summed E-state index contributed by atoms with van der Waals surface area (Å²) in [6.45, 7) is 1.91. The number of rotatable bonds is 3. The minimum Gasteiger partial charge on any atom is -0.458 e. The molecule has 1 aromatic carbocycles. The Labute approximate surface area is 105 Å². The van der Waals surface area contributed by atoms with Gasteiger partial charge in [0.1, 0.15) is 6.10 Å². The maximum absolute atomic E-state index is 5.85. The van der Waals surface area contributed by atoms with Crippen LogP contribution in [0.5, 0.6) is 6.01 Å². The van der Waals surface area contributed by atoms with Crippen molar-refractivity contribution in [2.24, 2.45) is 0 Å². The van der Waals surface area contributed by atoms with Crippen LogP contribution >= 0.6 is 0 Å². The van der Waals surface area contributed by atoms with Gasteiger partial charge in [-0.3, -0.25) is 0 Å². The van der Waals surface area contributed by atoms with E-state index in [-0.39, 0.29) is 6.10 Å². The first-order chi connectivity index (χ1) is 8.93. The number of nitrogens with zero attached hydrogens (tertiary/aromatic N) is 4. The van der Waals surface area contributed by atoms with E-state index in [1.54, 1.807) is 4.68 Å². The Morgan fingerprint density at radius 1 is 1.28 bits per heavy atom. The normalized spacial score (nSPS) is 19.7. The number of ether oxygens (including phenoxy) is 1. The Morgan fingerprint density at radius 2 is 2.17 bits per heavy atom. The number of para-hydroxylation sites is 1. The topological polar surface area (TPSA) is 64.9 Å². The minimum atomic E-state index is 0.146. The lowest BCUT2D eigenvalue weighted by Crippen LogP contribution is -2.37. The van der Waals surface area contributed by atoms with E-state index in [4.69, 9.17) is 4.74 Å². The van der Waals surface area contributed by atoms with Gasteiger partial charge in [-0.25, -0.2) is 0 Å². The van der Waals surface area contributed by atoms with Crippen molar-refractivity contribution in [3.8, 4) is 11.7 Å². The number of aromatic nitrogens is 4. The second-order valence-corrected chi connectivity index (χ2v) is 4.30. The number of hydrogen-bond acceptors (Lipinski definition) is 5. The fraction of sp³-hybridized carbons (Fsp3) is 0.417. The van der Waals surface area contributed by atoms with E-state index >= 15 is 0 Å². The molecule has 0 saturated carbocycles. The van der Waals surface area contributed by atoms with Crippen LogP contribution in [0.25, 0.3) is 5.69 Å². The summed E-state index contributed by atoms with van der Waals surface area (Å²) in [5, 5.41) is 14.9. The summed E-state index contributed by atoms with van der Waals surface area (Å²) in [6.07, 6.45) is 2.30. The molecule has 2 aromatic rings. The van der Waals surface area contributed by atoms with Crippen LogP contribution in [0.1, 0.15) is 12.8 Å². The van der Waals surface area contributed by atoms with Crippen molar-refractivity contribution < 1.29 is 4.74 Å². The predicted molar refractivity (Wildman–Crippen MR) is 65.7 cm³/mol. The molecule has 1 fully saturated rings. The van der Waals surface area contributed by atoms with Crippen LogP contribution in [-0.2, 0) is 0 Å². The second kappa shape index (κ2) is 5.14. The van der Waals surface area contributed by atoms with Gasteiger partial charge in [0.05, 0.1) is 5.69 Å². The van der Waals surface area contributed by atoms with Crippen molar-refractivity contribution in [2.45, 2.75) is 18.9 Å². The van der Waals surface area contributed by atoms with Crippen LogP contribution in [0.4, 0.5) is 0 Å². The summed E-state index contributed by atoms with van der Waals surface area (Å²) < 4.78 is 7.46. The molecule has 1 atom stereocenters. The van der Waals surface area contributed by atoms with Crippen molar-refractivity contribution in [1.29, 1.82) is 0 Å². The lowest BCUT2D eigenvalue weighted by Gasteiger charge is -2.22. The lowest BCUT2D eigenvalue weighted by molar-refractivity contribution is 0.149. The smallest absolute Gasteiger partial charge is 0.340 e.